The summed E-state index contributed by atoms with van der Waals surface area (Å²) in [6.07, 6.45) is -0.0529. The number of para-hydroxylation sites is 1. The van der Waals surface area contributed by atoms with Crippen molar-refractivity contribution in [2.75, 3.05) is 32.7 Å². The third-order valence-electron chi connectivity index (χ3n) is 3.36. The highest BCUT2D eigenvalue weighted by molar-refractivity contribution is 5.91. The maximum Gasteiger partial charge on any atom is 0.252 e. The standard InChI is InChI=1S/C15H20N2O3/c1-17-14-7-5-4-6-12(14)13(8-15(17)18)16-9-11(20-3)10-19-2/h4-8,11,16H,9-10H2,1-3H3. The molecule has 2 aromatic rings. The predicted molar refractivity (Wildman–Crippen MR) is 80.4 cm³/mol. The van der Waals surface area contributed by atoms with Crippen LogP contribution in [0.15, 0.2) is 35.1 Å². The summed E-state index contributed by atoms with van der Waals surface area (Å²) in [5.74, 6) is 0. The number of fused-ring (bicyclic) bond motifs is 1. The van der Waals surface area contributed by atoms with Gasteiger partial charge in [0.25, 0.3) is 5.56 Å². The van der Waals surface area contributed by atoms with Crippen LogP contribution in [0.1, 0.15) is 0 Å². The third kappa shape index (κ3) is 3.00. The van der Waals surface area contributed by atoms with Gasteiger partial charge in [-0.15, -0.1) is 0 Å². The molecule has 0 fully saturated rings. The minimum absolute atomic E-state index is 0.0353. The maximum absolute atomic E-state index is 12.0. The van der Waals surface area contributed by atoms with E-state index in [1.54, 1.807) is 31.9 Å². The van der Waals surface area contributed by atoms with Crippen LogP contribution in [-0.2, 0) is 16.5 Å². The molecular weight excluding hydrogens is 256 g/mol. The van der Waals surface area contributed by atoms with Crippen molar-refractivity contribution in [1.29, 1.82) is 0 Å². The molecule has 1 N–H and O–H groups in total. The predicted octanol–water partition coefficient (Wildman–Crippen LogP) is 1.61. The van der Waals surface area contributed by atoms with E-state index < -0.39 is 0 Å². The van der Waals surface area contributed by atoms with Crippen LogP contribution in [0.5, 0.6) is 0 Å². The second-order valence-electron chi connectivity index (χ2n) is 4.67. The Bertz CT molecular complexity index is 637. The zero-order chi connectivity index (χ0) is 14.5. The molecule has 1 heterocycles. The first-order chi connectivity index (χ1) is 9.67. The van der Waals surface area contributed by atoms with Gasteiger partial charge < -0.3 is 19.4 Å². The van der Waals surface area contributed by atoms with E-state index in [4.69, 9.17) is 9.47 Å². The smallest absolute Gasteiger partial charge is 0.252 e. The van der Waals surface area contributed by atoms with Gasteiger partial charge in [0.2, 0.25) is 0 Å². The first-order valence-electron chi connectivity index (χ1n) is 6.51. The summed E-state index contributed by atoms with van der Waals surface area (Å²) in [5, 5.41) is 4.29. The van der Waals surface area contributed by atoms with Gasteiger partial charge in [0.05, 0.1) is 18.2 Å². The van der Waals surface area contributed by atoms with Crippen molar-refractivity contribution in [2.45, 2.75) is 6.10 Å². The first kappa shape index (κ1) is 14.6. The largest absolute Gasteiger partial charge is 0.382 e. The molecule has 0 spiro atoms. The van der Waals surface area contributed by atoms with Crippen molar-refractivity contribution in [2.24, 2.45) is 7.05 Å². The van der Waals surface area contributed by atoms with E-state index in [9.17, 15) is 4.79 Å². The quantitative estimate of drug-likeness (QED) is 0.871. The highest BCUT2D eigenvalue weighted by Gasteiger charge is 2.09. The second-order valence-corrected chi connectivity index (χ2v) is 4.67. The van der Waals surface area contributed by atoms with Crippen molar-refractivity contribution in [3.05, 3.63) is 40.7 Å². The van der Waals surface area contributed by atoms with Gasteiger partial charge in [-0.2, -0.15) is 0 Å². The van der Waals surface area contributed by atoms with Gasteiger partial charge in [-0.3, -0.25) is 4.79 Å². The van der Waals surface area contributed by atoms with Gasteiger partial charge in [0.15, 0.2) is 0 Å². The summed E-state index contributed by atoms with van der Waals surface area (Å²) in [7, 11) is 5.06. The van der Waals surface area contributed by atoms with Crippen LogP contribution >= 0.6 is 0 Å². The SMILES string of the molecule is COCC(CNc1cc(=O)n(C)c2ccccc12)OC. The fourth-order valence-corrected chi connectivity index (χ4v) is 2.18. The van der Waals surface area contributed by atoms with Crippen molar-refractivity contribution < 1.29 is 9.47 Å². The molecule has 1 atom stereocenters. The minimum Gasteiger partial charge on any atom is -0.382 e. The molecule has 20 heavy (non-hydrogen) atoms. The molecule has 1 unspecified atom stereocenters. The first-order valence-corrected chi connectivity index (χ1v) is 6.51. The topological polar surface area (TPSA) is 52.5 Å². The zero-order valence-corrected chi connectivity index (χ0v) is 12.1. The average Bonchev–Trinajstić information content (AvgIpc) is 2.48. The molecule has 0 saturated heterocycles. The number of hydrogen-bond acceptors (Lipinski definition) is 4. The lowest BCUT2D eigenvalue weighted by molar-refractivity contribution is 0.0366. The van der Waals surface area contributed by atoms with Crippen LogP contribution < -0.4 is 10.9 Å². The van der Waals surface area contributed by atoms with Gasteiger partial charge in [0.1, 0.15) is 0 Å². The molecule has 5 heteroatoms. The Labute approximate surface area is 118 Å². The molecular formula is C15H20N2O3. The monoisotopic (exact) mass is 276 g/mol. The van der Waals surface area contributed by atoms with Gasteiger partial charge in [0, 0.05) is 45.0 Å². The van der Waals surface area contributed by atoms with Crippen molar-refractivity contribution >= 4 is 16.6 Å². The van der Waals surface area contributed by atoms with Gasteiger partial charge in [-0.25, -0.2) is 0 Å². The number of pyridine rings is 1. The highest BCUT2D eigenvalue weighted by Crippen LogP contribution is 2.20. The van der Waals surface area contributed by atoms with Crippen molar-refractivity contribution in [3.8, 4) is 0 Å². The highest BCUT2D eigenvalue weighted by atomic mass is 16.5. The number of nitrogens with one attached hydrogen (secondary N) is 1. The van der Waals surface area contributed by atoms with Gasteiger partial charge in [-0.1, -0.05) is 18.2 Å². The zero-order valence-electron chi connectivity index (χ0n) is 12.1. The number of aryl methyl sites for hydroxylation is 1. The van der Waals surface area contributed by atoms with Crippen LogP contribution in [0.25, 0.3) is 10.9 Å². The molecule has 0 amide bonds. The van der Waals surface area contributed by atoms with Crippen LogP contribution in [0.4, 0.5) is 5.69 Å². The summed E-state index contributed by atoms with van der Waals surface area (Å²) in [6, 6.07) is 9.43. The van der Waals surface area contributed by atoms with Crippen LogP contribution in [0, 0.1) is 0 Å². The van der Waals surface area contributed by atoms with Crippen molar-refractivity contribution in [1.82, 2.24) is 4.57 Å². The van der Waals surface area contributed by atoms with Gasteiger partial charge >= 0.3 is 0 Å². The number of anilines is 1. The normalized spacial score (nSPS) is 12.6. The lowest BCUT2D eigenvalue weighted by Gasteiger charge is -2.17. The van der Waals surface area contributed by atoms with Crippen LogP contribution in [-0.4, -0.2) is 38.0 Å². The van der Waals surface area contributed by atoms with Crippen LogP contribution in [0.3, 0.4) is 0 Å². The van der Waals surface area contributed by atoms with E-state index in [0.29, 0.717) is 13.2 Å². The number of rotatable bonds is 6. The van der Waals surface area contributed by atoms with Crippen LogP contribution in [0.2, 0.25) is 0 Å². The Morgan fingerprint density at radius 3 is 2.75 bits per heavy atom. The number of methoxy groups -OCH3 is 2. The fourth-order valence-electron chi connectivity index (χ4n) is 2.18. The molecule has 0 aliphatic rings. The number of benzene rings is 1. The van der Waals surface area contributed by atoms with Gasteiger partial charge in [-0.05, 0) is 6.07 Å². The minimum atomic E-state index is -0.0529. The molecule has 1 aromatic heterocycles. The lowest BCUT2D eigenvalue weighted by atomic mass is 10.1. The Balaban J connectivity index is 2.30. The van der Waals surface area contributed by atoms with E-state index in [2.05, 4.69) is 5.32 Å². The fraction of sp³-hybridized carbons (Fsp3) is 0.400. The lowest BCUT2D eigenvalue weighted by Crippen LogP contribution is -2.27. The Morgan fingerprint density at radius 1 is 1.30 bits per heavy atom. The molecule has 108 valence electrons. The van der Waals surface area contributed by atoms with Crippen molar-refractivity contribution in [3.63, 3.8) is 0 Å². The third-order valence-corrected chi connectivity index (χ3v) is 3.36. The number of ether oxygens (including phenoxy) is 2. The average molecular weight is 276 g/mol. The summed E-state index contributed by atoms with van der Waals surface area (Å²) in [5.41, 5.74) is 1.69. The summed E-state index contributed by atoms with van der Waals surface area (Å²) >= 11 is 0. The summed E-state index contributed by atoms with van der Waals surface area (Å²) in [6.45, 7) is 1.09. The van der Waals surface area contributed by atoms with E-state index >= 15 is 0 Å². The number of nitrogens with zero attached hydrogens (tertiary/aromatic N) is 1. The second kappa shape index (κ2) is 6.54. The Kier molecular flexibility index (Phi) is 4.76. The van der Waals surface area contributed by atoms with E-state index in [1.165, 1.54) is 0 Å². The molecule has 0 saturated carbocycles. The molecule has 2 rings (SSSR count). The van der Waals surface area contributed by atoms with E-state index in [1.807, 2.05) is 24.3 Å². The molecule has 0 bridgehead atoms. The Hall–Kier alpha value is -1.85. The number of aromatic nitrogens is 1. The van der Waals surface area contributed by atoms with E-state index in [0.717, 1.165) is 16.6 Å². The molecule has 1 aromatic carbocycles. The molecule has 5 nitrogen and oxygen atoms in total. The summed E-state index contributed by atoms with van der Waals surface area (Å²) in [4.78, 5) is 12.0. The molecule has 0 radical (unpaired) electrons. The Morgan fingerprint density at radius 2 is 2.05 bits per heavy atom. The summed E-state index contributed by atoms with van der Waals surface area (Å²) < 4.78 is 12.0. The molecule has 0 aliphatic heterocycles. The maximum atomic E-state index is 12.0. The molecule has 0 aliphatic carbocycles. The number of hydrogen-bond donors (Lipinski definition) is 1. The van der Waals surface area contributed by atoms with E-state index in [-0.39, 0.29) is 11.7 Å².